The Bertz CT molecular complexity index is 587. The van der Waals surface area contributed by atoms with Crippen molar-refractivity contribution >= 4 is 17.1 Å². The van der Waals surface area contributed by atoms with Crippen molar-refractivity contribution in [1.82, 2.24) is 0 Å². The number of aldehydes is 1. The fraction of sp³-hybridized carbons (Fsp3) is 0.214. The van der Waals surface area contributed by atoms with Gasteiger partial charge in [0, 0.05) is 5.92 Å². The monoisotopic (exact) mass is 252 g/mol. The molecule has 0 N–H and O–H groups in total. The zero-order valence-corrected chi connectivity index (χ0v) is 9.66. The molecule has 0 aliphatic carbocycles. The van der Waals surface area contributed by atoms with E-state index >= 15 is 0 Å². The maximum absolute atomic E-state index is 12.6. The number of alkyl halides is 3. The van der Waals surface area contributed by atoms with Crippen molar-refractivity contribution in [3.05, 3.63) is 47.5 Å². The van der Waals surface area contributed by atoms with Crippen molar-refractivity contribution in [2.45, 2.75) is 19.0 Å². The Morgan fingerprint density at radius 3 is 2.33 bits per heavy atom. The van der Waals surface area contributed by atoms with E-state index in [1.165, 1.54) is 6.07 Å². The van der Waals surface area contributed by atoms with Gasteiger partial charge in [-0.05, 0) is 28.5 Å². The largest absolute Gasteiger partial charge is 0.416 e. The summed E-state index contributed by atoms with van der Waals surface area (Å²) in [5.74, 6) is -0.316. The molecule has 0 amide bonds. The number of rotatable bonds is 2. The van der Waals surface area contributed by atoms with Crippen LogP contribution in [0, 0.1) is 0 Å². The van der Waals surface area contributed by atoms with E-state index in [1.54, 1.807) is 25.1 Å². The summed E-state index contributed by atoms with van der Waals surface area (Å²) in [6, 6.07) is 8.72. The van der Waals surface area contributed by atoms with E-state index < -0.39 is 11.7 Å². The Labute approximate surface area is 102 Å². The van der Waals surface area contributed by atoms with Crippen molar-refractivity contribution in [2.24, 2.45) is 0 Å². The second kappa shape index (κ2) is 4.44. The van der Waals surface area contributed by atoms with Crippen LogP contribution >= 0.6 is 0 Å². The van der Waals surface area contributed by atoms with E-state index in [2.05, 4.69) is 0 Å². The summed E-state index contributed by atoms with van der Waals surface area (Å²) in [4.78, 5) is 10.7. The van der Waals surface area contributed by atoms with Crippen molar-refractivity contribution in [1.29, 1.82) is 0 Å². The van der Waals surface area contributed by atoms with E-state index in [9.17, 15) is 18.0 Å². The molecule has 0 aliphatic heterocycles. The molecule has 0 aliphatic rings. The van der Waals surface area contributed by atoms with Crippen molar-refractivity contribution < 1.29 is 18.0 Å². The highest BCUT2D eigenvalue weighted by Crippen LogP contribution is 2.32. The van der Waals surface area contributed by atoms with Crippen LogP contribution in [0.5, 0.6) is 0 Å². The number of benzene rings is 2. The molecule has 0 radical (unpaired) electrons. The van der Waals surface area contributed by atoms with E-state index in [-0.39, 0.29) is 5.92 Å². The van der Waals surface area contributed by atoms with Crippen LogP contribution in [0.2, 0.25) is 0 Å². The first-order valence-corrected chi connectivity index (χ1v) is 5.48. The molecule has 4 heteroatoms. The fourth-order valence-electron chi connectivity index (χ4n) is 1.80. The van der Waals surface area contributed by atoms with E-state index in [1.807, 2.05) is 0 Å². The zero-order chi connectivity index (χ0) is 13.3. The van der Waals surface area contributed by atoms with Crippen LogP contribution in [0.4, 0.5) is 13.2 Å². The molecule has 18 heavy (non-hydrogen) atoms. The lowest BCUT2D eigenvalue weighted by molar-refractivity contribution is -0.137. The minimum atomic E-state index is -4.35. The Hall–Kier alpha value is -1.84. The molecule has 1 atom stereocenters. The molecule has 2 rings (SSSR count). The van der Waals surface area contributed by atoms with Gasteiger partial charge >= 0.3 is 6.18 Å². The summed E-state index contributed by atoms with van der Waals surface area (Å²) in [7, 11) is 0. The van der Waals surface area contributed by atoms with Gasteiger partial charge in [-0.25, -0.2) is 0 Å². The molecule has 0 spiro atoms. The molecule has 1 unspecified atom stereocenters. The molecule has 0 saturated heterocycles. The molecular weight excluding hydrogens is 241 g/mol. The first kappa shape index (κ1) is 12.6. The first-order valence-electron chi connectivity index (χ1n) is 5.48. The van der Waals surface area contributed by atoms with Gasteiger partial charge in [0.25, 0.3) is 0 Å². The van der Waals surface area contributed by atoms with Crippen LogP contribution in [0.15, 0.2) is 36.4 Å². The predicted molar refractivity (Wildman–Crippen MR) is 63.4 cm³/mol. The number of halogens is 3. The lowest BCUT2D eigenvalue weighted by Gasteiger charge is -2.10. The highest BCUT2D eigenvalue weighted by Gasteiger charge is 2.30. The van der Waals surface area contributed by atoms with Gasteiger partial charge < -0.3 is 4.79 Å². The fourth-order valence-corrected chi connectivity index (χ4v) is 1.80. The smallest absolute Gasteiger partial charge is 0.303 e. The topological polar surface area (TPSA) is 17.1 Å². The molecule has 2 aromatic rings. The Kier molecular flexibility index (Phi) is 3.11. The van der Waals surface area contributed by atoms with Crippen molar-refractivity contribution in [3.63, 3.8) is 0 Å². The van der Waals surface area contributed by atoms with Gasteiger partial charge in [-0.3, -0.25) is 0 Å². The third-order valence-electron chi connectivity index (χ3n) is 2.92. The molecule has 2 aromatic carbocycles. The lowest BCUT2D eigenvalue weighted by Crippen LogP contribution is -2.04. The normalized spacial score (nSPS) is 13.6. The predicted octanol–water partition coefficient (Wildman–Crippen LogP) is 4.16. The SMILES string of the molecule is CC(C=O)c1ccc2ccc(C(F)(F)F)cc2c1. The summed E-state index contributed by atoms with van der Waals surface area (Å²) >= 11 is 0. The molecule has 0 aromatic heterocycles. The van der Waals surface area contributed by atoms with Gasteiger partial charge in [0.15, 0.2) is 0 Å². The van der Waals surface area contributed by atoms with Crippen LogP contribution in [-0.2, 0) is 11.0 Å². The van der Waals surface area contributed by atoms with Crippen molar-refractivity contribution in [2.75, 3.05) is 0 Å². The molecule has 0 heterocycles. The molecule has 0 saturated carbocycles. The Morgan fingerprint density at radius 2 is 1.72 bits per heavy atom. The van der Waals surface area contributed by atoms with Crippen LogP contribution in [0.25, 0.3) is 10.8 Å². The Balaban J connectivity index is 2.56. The Morgan fingerprint density at radius 1 is 1.06 bits per heavy atom. The zero-order valence-electron chi connectivity index (χ0n) is 9.66. The minimum absolute atomic E-state index is 0.316. The first-order chi connectivity index (χ1) is 8.41. The number of fused-ring (bicyclic) bond motifs is 1. The van der Waals surface area contributed by atoms with Gasteiger partial charge in [0.2, 0.25) is 0 Å². The number of hydrogen-bond donors (Lipinski definition) is 0. The average Bonchev–Trinajstić information content (AvgIpc) is 2.35. The van der Waals surface area contributed by atoms with Crippen molar-refractivity contribution in [3.8, 4) is 0 Å². The third kappa shape index (κ3) is 2.37. The second-order valence-corrected chi connectivity index (χ2v) is 4.24. The van der Waals surface area contributed by atoms with Crippen LogP contribution in [-0.4, -0.2) is 6.29 Å². The maximum Gasteiger partial charge on any atom is 0.416 e. The van der Waals surface area contributed by atoms with Crippen LogP contribution in [0.3, 0.4) is 0 Å². The molecule has 94 valence electrons. The van der Waals surface area contributed by atoms with E-state index in [0.29, 0.717) is 5.39 Å². The van der Waals surface area contributed by atoms with Gasteiger partial charge in [-0.15, -0.1) is 0 Å². The summed E-state index contributed by atoms with van der Waals surface area (Å²) in [5, 5.41) is 1.22. The van der Waals surface area contributed by atoms with Crippen LogP contribution in [0.1, 0.15) is 24.0 Å². The second-order valence-electron chi connectivity index (χ2n) is 4.24. The molecular formula is C14H11F3O. The minimum Gasteiger partial charge on any atom is -0.303 e. The molecule has 0 bridgehead atoms. The summed E-state index contributed by atoms with van der Waals surface area (Å²) < 4.78 is 37.8. The average molecular weight is 252 g/mol. The van der Waals surface area contributed by atoms with Gasteiger partial charge in [-0.2, -0.15) is 13.2 Å². The van der Waals surface area contributed by atoms with Crippen LogP contribution < -0.4 is 0 Å². The summed E-state index contributed by atoms with van der Waals surface area (Å²) in [6.07, 6.45) is -3.57. The summed E-state index contributed by atoms with van der Waals surface area (Å²) in [6.45, 7) is 1.71. The maximum atomic E-state index is 12.6. The molecule has 0 fully saturated rings. The van der Waals surface area contributed by atoms with Gasteiger partial charge in [0.1, 0.15) is 6.29 Å². The number of carbonyl (C=O) groups is 1. The quantitative estimate of drug-likeness (QED) is 0.733. The lowest BCUT2D eigenvalue weighted by atomic mass is 9.98. The van der Waals surface area contributed by atoms with Gasteiger partial charge in [0.05, 0.1) is 5.56 Å². The standard InChI is InChI=1S/C14H11F3O/c1-9(8-18)11-3-2-10-4-5-13(14(15,16)17)7-12(10)6-11/h2-9H,1H3. The highest BCUT2D eigenvalue weighted by molar-refractivity contribution is 5.84. The summed E-state index contributed by atoms with van der Waals surface area (Å²) in [5.41, 5.74) is 0.0442. The number of carbonyl (C=O) groups excluding carboxylic acids is 1. The van der Waals surface area contributed by atoms with E-state index in [0.717, 1.165) is 29.4 Å². The number of hydrogen-bond acceptors (Lipinski definition) is 1. The third-order valence-corrected chi connectivity index (χ3v) is 2.92. The molecule has 1 nitrogen and oxygen atoms in total. The van der Waals surface area contributed by atoms with E-state index in [4.69, 9.17) is 0 Å². The van der Waals surface area contributed by atoms with Gasteiger partial charge in [-0.1, -0.05) is 31.2 Å². The highest BCUT2D eigenvalue weighted by atomic mass is 19.4.